The maximum atomic E-state index is 12.9. The molecule has 2 aromatic carbocycles. The molecule has 1 fully saturated rings. The van der Waals surface area contributed by atoms with Crippen LogP contribution in [0.25, 0.3) is 0 Å². The average molecular weight is 473 g/mol. The number of hydrogen-bond donors (Lipinski definition) is 1. The maximum Gasteiger partial charge on any atom is 0.309 e. The minimum Gasteiger partial charge on any atom is -0.452 e. The zero-order valence-electron chi connectivity index (χ0n) is 18.9. The number of nitrogens with one attached hydrogen (secondary N) is 1. The molecule has 1 aliphatic heterocycles. The van der Waals surface area contributed by atoms with Crippen LogP contribution in [0.5, 0.6) is 0 Å². The number of carbonyl (C=O) groups is 3. The summed E-state index contributed by atoms with van der Waals surface area (Å²) in [4.78, 5) is 36.4. The molecule has 1 atom stereocenters. The van der Waals surface area contributed by atoms with E-state index in [0.29, 0.717) is 24.1 Å². The molecule has 8 nitrogen and oxygen atoms in total. The molecule has 176 valence electrons. The number of carbonyl (C=O) groups excluding carboxylic acids is 3. The maximum absolute atomic E-state index is 12.9. The Kier molecular flexibility index (Phi) is 7.65. The lowest BCUT2D eigenvalue weighted by Crippen LogP contribution is -2.41. The molecular weight excluding hydrogens is 444 g/mol. The highest BCUT2D eigenvalue weighted by Gasteiger charge is 2.34. The van der Waals surface area contributed by atoms with Crippen LogP contribution < -0.4 is 5.32 Å². The minimum absolute atomic E-state index is 0.106. The summed E-state index contributed by atoms with van der Waals surface area (Å²) < 4.78 is 32.4. The highest BCUT2D eigenvalue weighted by Crippen LogP contribution is 2.25. The van der Waals surface area contributed by atoms with E-state index in [-0.39, 0.29) is 23.8 Å². The summed E-state index contributed by atoms with van der Waals surface area (Å²) in [6.45, 7) is 5.17. The molecule has 1 amide bonds. The van der Waals surface area contributed by atoms with Crippen LogP contribution in [0.4, 0.5) is 5.69 Å². The summed E-state index contributed by atoms with van der Waals surface area (Å²) in [6.07, 6.45) is -0.370. The van der Waals surface area contributed by atoms with E-state index < -0.39 is 33.9 Å². The number of aryl methyl sites for hydroxylation is 1. The first-order valence-corrected chi connectivity index (χ1v) is 12.2. The number of sulfonamides is 1. The summed E-state index contributed by atoms with van der Waals surface area (Å²) in [5.41, 5.74) is 2.06. The van der Waals surface area contributed by atoms with Crippen molar-refractivity contribution < 1.29 is 27.5 Å². The number of rotatable bonds is 7. The number of amides is 1. The molecule has 1 heterocycles. The summed E-state index contributed by atoms with van der Waals surface area (Å²) >= 11 is 0. The number of Topliss-reactive ketones (excluding diaryl/α,β-unsaturated/α-hetero) is 1. The number of esters is 1. The van der Waals surface area contributed by atoms with Gasteiger partial charge in [-0.2, -0.15) is 4.31 Å². The molecule has 1 N–H and O–H groups in total. The van der Waals surface area contributed by atoms with Gasteiger partial charge in [0.1, 0.15) is 0 Å². The third-order valence-electron chi connectivity index (χ3n) is 5.63. The van der Waals surface area contributed by atoms with Crippen LogP contribution in [0.1, 0.15) is 42.6 Å². The smallest absolute Gasteiger partial charge is 0.309 e. The molecule has 0 saturated carbocycles. The zero-order chi connectivity index (χ0) is 24.2. The molecule has 0 spiro atoms. The number of benzene rings is 2. The van der Waals surface area contributed by atoms with Crippen molar-refractivity contribution in [2.75, 3.05) is 18.4 Å². The molecule has 9 heteroatoms. The van der Waals surface area contributed by atoms with Gasteiger partial charge in [-0.25, -0.2) is 8.42 Å². The van der Waals surface area contributed by atoms with Gasteiger partial charge < -0.3 is 10.1 Å². The van der Waals surface area contributed by atoms with Gasteiger partial charge in [-0.1, -0.05) is 24.3 Å². The zero-order valence-corrected chi connectivity index (χ0v) is 19.7. The fourth-order valence-corrected chi connectivity index (χ4v) is 5.10. The molecular formula is C24H28N2O6S. The van der Waals surface area contributed by atoms with Gasteiger partial charge in [-0.15, -0.1) is 0 Å². The van der Waals surface area contributed by atoms with Gasteiger partial charge in [0, 0.05) is 24.3 Å². The van der Waals surface area contributed by atoms with Crippen LogP contribution >= 0.6 is 0 Å². The Morgan fingerprint density at radius 2 is 1.70 bits per heavy atom. The molecule has 0 radical (unpaired) electrons. The monoisotopic (exact) mass is 472 g/mol. The van der Waals surface area contributed by atoms with E-state index >= 15 is 0 Å². The van der Waals surface area contributed by atoms with E-state index in [1.54, 1.807) is 6.07 Å². The second-order valence-electron chi connectivity index (χ2n) is 8.20. The molecule has 0 unspecified atom stereocenters. The van der Waals surface area contributed by atoms with E-state index in [1.807, 2.05) is 25.1 Å². The predicted molar refractivity (Wildman–Crippen MR) is 123 cm³/mol. The van der Waals surface area contributed by atoms with Crippen LogP contribution in [-0.2, 0) is 24.3 Å². The van der Waals surface area contributed by atoms with E-state index in [0.717, 1.165) is 5.56 Å². The van der Waals surface area contributed by atoms with Crippen molar-refractivity contribution in [3.8, 4) is 0 Å². The molecule has 3 rings (SSSR count). The lowest BCUT2D eigenvalue weighted by molar-refractivity contribution is -0.158. The first-order chi connectivity index (χ1) is 15.6. The van der Waals surface area contributed by atoms with Crippen molar-refractivity contribution in [2.24, 2.45) is 5.92 Å². The Labute approximate surface area is 194 Å². The minimum atomic E-state index is -3.72. The van der Waals surface area contributed by atoms with E-state index in [2.05, 4.69) is 5.32 Å². The van der Waals surface area contributed by atoms with Crippen molar-refractivity contribution in [3.05, 3.63) is 59.7 Å². The van der Waals surface area contributed by atoms with Gasteiger partial charge in [-0.05, 0) is 63.4 Å². The van der Waals surface area contributed by atoms with E-state index in [4.69, 9.17) is 4.74 Å². The van der Waals surface area contributed by atoms with Gasteiger partial charge in [0.05, 0.1) is 10.8 Å². The van der Waals surface area contributed by atoms with Crippen molar-refractivity contribution >= 4 is 33.4 Å². The van der Waals surface area contributed by atoms with Gasteiger partial charge in [0.15, 0.2) is 11.9 Å². The van der Waals surface area contributed by atoms with Crippen molar-refractivity contribution in [2.45, 2.75) is 44.6 Å². The van der Waals surface area contributed by atoms with Crippen molar-refractivity contribution in [1.29, 1.82) is 0 Å². The number of ketones is 1. The Hall–Kier alpha value is -3.04. The van der Waals surface area contributed by atoms with Crippen LogP contribution in [0.3, 0.4) is 0 Å². The number of anilines is 1. The highest BCUT2D eigenvalue weighted by atomic mass is 32.2. The lowest BCUT2D eigenvalue weighted by Gasteiger charge is -2.30. The molecule has 2 aromatic rings. The Morgan fingerprint density at radius 3 is 2.27 bits per heavy atom. The topological polar surface area (TPSA) is 110 Å². The van der Waals surface area contributed by atoms with E-state index in [1.165, 1.54) is 42.4 Å². The molecule has 0 aromatic heterocycles. The molecule has 33 heavy (non-hydrogen) atoms. The lowest BCUT2D eigenvalue weighted by atomic mass is 9.98. The van der Waals surface area contributed by atoms with Crippen molar-refractivity contribution in [3.63, 3.8) is 0 Å². The third-order valence-corrected chi connectivity index (χ3v) is 7.55. The van der Waals surface area contributed by atoms with Crippen LogP contribution in [0.2, 0.25) is 0 Å². The average Bonchev–Trinajstić information content (AvgIpc) is 2.79. The van der Waals surface area contributed by atoms with Gasteiger partial charge >= 0.3 is 5.97 Å². The standard InChI is InChI=1S/C24H28N2O6S/c1-16-5-4-6-21(15-16)25-23(28)18(3)32-24(29)20-11-13-26(14-12-20)33(30,31)22-9-7-19(8-10-22)17(2)27/h4-10,15,18,20H,11-14H2,1-3H3,(H,25,28)/t18-/m1/s1. The fourth-order valence-electron chi connectivity index (χ4n) is 3.63. The number of ether oxygens (including phenoxy) is 1. The van der Waals surface area contributed by atoms with E-state index in [9.17, 15) is 22.8 Å². The summed E-state index contributed by atoms with van der Waals surface area (Å²) in [5, 5.41) is 2.72. The Morgan fingerprint density at radius 1 is 1.06 bits per heavy atom. The molecule has 1 aliphatic rings. The fraction of sp³-hybridized carbons (Fsp3) is 0.375. The molecule has 0 aliphatic carbocycles. The normalized spacial score (nSPS) is 16.1. The van der Waals surface area contributed by atoms with Crippen molar-refractivity contribution in [1.82, 2.24) is 4.31 Å². The SMILES string of the molecule is CC(=O)c1ccc(S(=O)(=O)N2CCC(C(=O)O[C@H](C)C(=O)Nc3cccc(C)c3)CC2)cc1. The number of nitrogens with zero attached hydrogens (tertiary/aromatic N) is 1. The quantitative estimate of drug-likeness (QED) is 0.490. The number of hydrogen-bond acceptors (Lipinski definition) is 6. The Bertz CT molecular complexity index is 1140. The van der Waals surface area contributed by atoms with Gasteiger partial charge in [-0.3, -0.25) is 14.4 Å². The van der Waals surface area contributed by atoms with Crippen LogP contribution in [-0.4, -0.2) is 49.6 Å². The summed E-state index contributed by atoms with van der Waals surface area (Å²) in [7, 11) is -3.72. The first kappa shape index (κ1) is 24.6. The predicted octanol–water partition coefficient (Wildman–Crippen LogP) is 3.17. The Balaban J connectivity index is 1.53. The largest absolute Gasteiger partial charge is 0.452 e. The van der Waals surface area contributed by atoms with Crippen LogP contribution in [0, 0.1) is 12.8 Å². The van der Waals surface area contributed by atoms with Gasteiger partial charge in [0.2, 0.25) is 10.0 Å². The van der Waals surface area contributed by atoms with Crippen LogP contribution in [0.15, 0.2) is 53.4 Å². The number of piperidine rings is 1. The second-order valence-corrected chi connectivity index (χ2v) is 10.1. The van der Waals surface area contributed by atoms with Gasteiger partial charge in [0.25, 0.3) is 5.91 Å². The third kappa shape index (κ3) is 6.06. The second kappa shape index (κ2) is 10.3. The molecule has 1 saturated heterocycles. The first-order valence-electron chi connectivity index (χ1n) is 10.8. The summed E-state index contributed by atoms with van der Waals surface area (Å²) in [6, 6.07) is 13.1. The molecule has 0 bridgehead atoms. The summed E-state index contributed by atoms with van der Waals surface area (Å²) in [5.74, 6) is -1.56. The highest BCUT2D eigenvalue weighted by molar-refractivity contribution is 7.89.